The van der Waals surface area contributed by atoms with E-state index in [0.29, 0.717) is 6.42 Å². The fourth-order valence-corrected chi connectivity index (χ4v) is 1.38. The molecule has 0 spiro atoms. The molecule has 0 aromatic carbocycles. The van der Waals surface area contributed by atoms with Crippen LogP contribution >= 0.6 is 0 Å². The number of rotatable bonds is 0. The van der Waals surface area contributed by atoms with Crippen LogP contribution in [0.1, 0.15) is 6.42 Å². The topological polar surface area (TPSA) is 116 Å². The van der Waals surface area contributed by atoms with Gasteiger partial charge in [-0.25, -0.2) is 0 Å². The van der Waals surface area contributed by atoms with E-state index in [9.17, 15) is 5.11 Å². The van der Waals surface area contributed by atoms with Crippen LogP contribution in [0.3, 0.4) is 0 Å². The zero-order chi connectivity index (χ0) is 8.59. The molecule has 1 aliphatic carbocycles. The lowest BCUT2D eigenvalue weighted by Crippen LogP contribution is -3.00. The van der Waals surface area contributed by atoms with Crippen LogP contribution in [-0.4, -0.2) is 45.7 Å². The number of halogens is 2. The summed E-state index contributed by atoms with van der Waals surface area (Å²) in [5, 5.41) is 27.6. The Morgan fingerprint density at radius 1 is 0.923 bits per heavy atom. The van der Waals surface area contributed by atoms with Crippen molar-refractivity contribution >= 4 is 0 Å². The standard InChI is InChI=1S/C6H14N2O3.2ClH/c7-2-1-3(9)5(10)6(11)4(2)8;;/h2-6,9-11H,1,7-8H2;2*1H/t2-,3-,4+,5+,6-;;/m0../s1. The fourth-order valence-electron chi connectivity index (χ4n) is 1.38. The van der Waals surface area contributed by atoms with E-state index in [1.165, 1.54) is 0 Å². The Hall–Kier alpha value is 0.380. The summed E-state index contributed by atoms with van der Waals surface area (Å²) in [6.07, 6.45) is -2.45. The van der Waals surface area contributed by atoms with Gasteiger partial charge in [-0.1, -0.05) is 0 Å². The van der Waals surface area contributed by atoms with E-state index in [4.69, 9.17) is 10.2 Å². The molecule has 7 heteroatoms. The SMILES string of the molecule is [Cl-].[Cl-].[NH3+][C@H]1[C@H](O)[C@H](O)[C@@H](O)C[C@@H]1[NH3+]. The van der Waals surface area contributed by atoms with Crippen LogP contribution in [-0.2, 0) is 0 Å². The van der Waals surface area contributed by atoms with Crippen molar-refractivity contribution in [3.05, 3.63) is 0 Å². The third kappa shape index (κ3) is 3.21. The van der Waals surface area contributed by atoms with Crippen LogP contribution in [0.25, 0.3) is 0 Å². The molecule has 1 rings (SSSR count). The van der Waals surface area contributed by atoms with Gasteiger partial charge in [-0.05, 0) is 0 Å². The van der Waals surface area contributed by atoms with Gasteiger partial charge in [0.05, 0.1) is 6.10 Å². The van der Waals surface area contributed by atoms with Crippen LogP contribution in [0.5, 0.6) is 0 Å². The van der Waals surface area contributed by atoms with Crippen molar-refractivity contribution in [1.82, 2.24) is 0 Å². The van der Waals surface area contributed by atoms with Gasteiger partial charge in [-0.2, -0.15) is 0 Å². The highest BCUT2D eigenvalue weighted by Crippen LogP contribution is 2.15. The molecule has 9 N–H and O–H groups in total. The minimum atomic E-state index is -1.06. The molecular formula is C6H16Cl2N2O3. The van der Waals surface area contributed by atoms with E-state index in [2.05, 4.69) is 11.5 Å². The first kappa shape index (κ1) is 15.8. The Morgan fingerprint density at radius 3 is 1.85 bits per heavy atom. The second kappa shape index (κ2) is 5.98. The Labute approximate surface area is 88.9 Å². The quantitative estimate of drug-likeness (QED) is 0.287. The average Bonchev–Trinajstić information content (AvgIpc) is 1.97. The highest BCUT2D eigenvalue weighted by Gasteiger charge is 2.43. The average molecular weight is 235 g/mol. The first-order valence-electron chi connectivity index (χ1n) is 3.74. The summed E-state index contributed by atoms with van der Waals surface area (Å²) in [4.78, 5) is 0. The van der Waals surface area contributed by atoms with E-state index in [0.717, 1.165) is 0 Å². The van der Waals surface area contributed by atoms with E-state index in [1.807, 2.05) is 0 Å². The largest absolute Gasteiger partial charge is 1.00 e. The molecule has 0 unspecified atom stereocenters. The third-order valence-electron chi connectivity index (χ3n) is 2.33. The van der Waals surface area contributed by atoms with Crippen molar-refractivity contribution in [2.75, 3.05) is 0 Å². The number of quaternary nitrogens is 2. The van der Waals surface area contributed by atoms with Gasteiger partial charge in [0.25, 0.3) is 0 Å². The molecule has 1 fully saturated rings. The summed E-state index contributed by atoms with van der Waals surface area (Å²) in [5.74, 6) is 0. The van der Waals surface area contributed by atoms with Crippen molar-refractivity contribution in [1.29, 1.82) is 0 Å². The first-order valence-corrected chi connectivity index (χ1v) is 3.74. The maximum Gasteiger partial charge on any atom is 0.165 e. The molecule has 1 aliphatic rings. The minimum absolute atomic E-state index is 0. The lowest BCUT2D eigenvalue weighted by atomic mass is 9.85. The van der Waals surface area contributed by atoms with Gasteiger partial charge < -0.3 is 51.6 Å². The van der Waals surface area contributed by atoms with Gasteiger partial charge in [-0.15, -0.1) is 0 Å². The van der Waals surface area contributed by atoms with Crippen molar-refractivity contribution in [3.63, 3.8) is 0 Å². The number of hydrogen-bond donors (Lipinski definition) is 5. The molecule has 0 heterocycles. The number of hydrogen-bond acceptors (Lipinski definition) is 3. The second-order valence-corrected chi connectivity index (χ2v) is 3.21. The summed E-state index contributed by atoms with van der Waals surface area (Å²) in [6, 6.07) is -0.364. The van der Waals surface area contributed by atoms with Crippen molar-refractivity contribution in [2.24, 2.45) is 0 Å². The van der Waals surface area contributed by atoms with Crippen LogP contribution in [0.15, 0.2) is 0 Å². The zero-order valence-electron chi connectivity index (χ0n) is 7.11. The highest BCUT2D eigenvalue weighted by atomic mass is 35.5. The molecule has 0 aromatic heterocycles. The molecule has 0 bridgehead atoms. The molecule has 0 aromatic rings. The predicted octanol–water partition coefficient (Wildman–Crippen LogP) is -10.3. The monoisotopic (exact) mass is 234 g/mol. The summed E-state index contributed by atoms with van der Waals surface area (Å²) < 4.78 is 0. The van der Waals surface area contributed by atoms with Crippen LogP contribution < -0.4 is 36.3 Å². The molecule has 0 aliphatic heterocycles. The van der Waals surface area contributed by atoms with Crippen LogP contribution in [0.2, 0.25) is 0 Å². The molecule has 13 heavy (non-hydrogen) atoms. The molecule has 0 saturated heterocycles. The Bertz CT molecular complexity index is 138. The first-order chi connectivity index (χ1) is 5.04. The lowest BCUT2D eigenvalue weighted by Gasteiger charge is -2.32. The van der Waals surface area contributed by atoms with Gasteiger partial charge in [0.1, 0.15) is 18.2 Å². The third-order valence-corrected chi connectivity index (χ3v) is 2.33. The van der Waals surface area contributed by atoms with E-state index >= 15 is 0 Å². The van der Waals surface area contributed by atoms with Crippen LogP contribution in [0, 0.1) is 0 Å². The molecule has 5 nitrogen and oxygen atoms in total. The normalized spacial score (nSPS) is 44.5. The molecule has 5 atom stereocenters. The van der Waals surface area contributed by atoms with Gasteiger partial charge in [0, 0.05) is 6.42 Å². The summed E-state index contributed by atoms with van der Waals surface area (Å²) in [5.41, 5.74) is 7.38. The zero-order valence-corrected chi connectivity index (χ0v) is 8.62. The number of aliphatic hydroxyl groups excluding tert-OH is 3. The molecule has 82 valence electrons. The van der Waals surface area contributed by atoms with Crippen molar-refractivity contribution in [2.45, 2.75) is 36.8 Å². The Morgan fingerprint density at radius 2 is 1.38 bits per heavy atom. The van der Waals surface area contributed by atoms with Crippen LogP contribution in [0.4, 0.5) is 0 Å². The van der Waals surface area contributed by atoms with Gasteiger partial charge in [-0.3, -0.25) is 0 Å². The fraction of sp³-hybridized carbons (Fsp3) is 1.00. The maximum absolute atomic E-state index is 9.27. The van der Waals surface area contributed by atoms with Crippen molar-refractivity contribution < 1.29 is 51.6 Å². The summed E-state index contributed by atoms with van der Waals surface area (Å²) >= 11 is 0. The van der Waals surface area contributed by atoms with Gasteiger partial charge >= 0.3 is 0 Å². The smallest absolute Gasteiger partial charge is 0.165 e. The Kier molecular flexibility index (Phi) is 7.28. The van der Waals surface area contributed by atoms with Crippen molar-refractivity contribution in [3.8, 4) is 0 Å². The van der Waals surface area contributed by atoms with E-state index < -0.39 is 18.3 Å². The highest BCUT2D eigenvalue weighted by molar-refractivity contribution is 4.90. The minimum Gasteiger partial charge on any atom is -1.00 e. The van der Waals surface area contributed by atoms with E-state index in [1.54, 1.807) is 0 Å². The maximum atomic E-state index is 9.27. The molecular weight excluding hydrogens is 219 g/mol. The summed E-state index contributed by atoms with van der Waals surface area (Å²) in [6.45, 7) is 0. The number of aliphatic hydroxyl groups is 3. The molecule has 0 amide bonds. The molecule has 1 saturated carbocycles. The Balaban J connectivity index is 0. The molecule has 0 radical (unpaired) electrons. The van der Waals surface area contributed by atoms with Gasteiger partial charge in [0.15, 0.2) is 6.04 Å². The lowest BCUT2D eigenvalue weighted by molar-refractivity contribution is -0.551. The van der Waals surface area contributed by atoms with Gasteiger partial charge in [0.2, 0.25) is 0 Å². The second-order valence-electron chi connectivity index (χ2n) is 3.21. The predicted molar refractivity (Wildman–Crippen MR) is 36.0 cm³/mol. The van der Waals surface area contributed by atoms with E-state index in [-0.39, 0.29) is 36.9 Å². The summed E-state index contributed by atoms with van der Waals surface area (Å²) in [7, 11) is 0.